The number of amides is 3. The third-order valence-electron chi connectivity index (χ3n) is 8.49. The number of anilines is 3. The third kappa shape index (κ3) is 12.4. The largest absolute Gasteiger partial charge is 0.519 e. The van der Waals surface area contributed by atoms with Gasteiger partial charge in [0.05, 0.1) is 0 Å². The molecule has 7 aromatic rings. The number of nitrogens with one attached hydrogen (secondary N) is 3. The Bertz CT molecular complexity index is 2600. The standard InChI is InChI=1S/C48H33N3O12/c52-43(31-16-22-40(23-17-31)61-46(55)58-37-10-4-1-5-11-37)50-35-28-33(45(54)49-34-20-26-42(27-21-34)63-48(57)60-39-14-8-3-9-15-39)29-36(30-35)51-44(53)32-18-24-41(25-19-32)62-47(56)59-38-12-6-2-7-13-38/h1-30H,(H,49,54)(H,50,52)(H,51,53). The Morgan fingerprint density at radius 2 is 0.540 bits per heavy atom. The number of rotatable bonds is 12. The van der Waals surface area contributed by atoms with Crippen molar-refractivity contribution >= 4 is 53.2 Å². The van der Waals surface area contributed by atoms with Crippen LogP contribution in [0.15, 0.2) is 182 Å². The van der Waals surface area contributed by atoms with E-state index < -0.39 is 36.2 Å². The molecule has 0 aromatic heterocycles. The van der Waals surface area contributed by atoms with Gasteiger partial charge < -0.3 is 44.4 Å². The van der Waals surface area contributed by atoms with Crippen molar-refractivity contribution in [2.24, 2.45) is 0 Å². The van der Waals surface area contributed by atoms with Crippen molar-refractivity contribution in [3.8, 4) is 34.5 Å². The van der Waals surface area contributed by atoms with Crippen molar-refractivity contribution < 1.29 is 57.2 Å². The van der Waals surface area contributed by atoms with Gasteiger partial charge in [0.2, 0.25) is 0 Å². The lowest BCUT2D eigenvalue weighted by molar-refractivity contribution is 0.101. The number of para-hydroxylation sites is 3. The zero-order valence-electron chi connectivity index (χ0n) is 32.7. The molecule has 312 valence electrons. The molecule has 3 amide bonds. The monoisotopic (exact) mass is 843 g/mol. The second-order valence-electron chi connectivity index (χ2n) is 13.0. The van der Waals surface area contributed by atoms with Gasteiger partial charge in [0.25, 0.3) is 17.7 Å². The fourth-order valence-corrected chi connectivity index (χ4v) is 5.57. The van der Waals surface area contributed by atoms with Gasteiger partial charge >= 0.3 is 18.5 Å². The highest BCUT2D eigenvalue weighted by Crippen LogP contribution is 2.25. The van der Waals surface area contributed by atoms with E-state index in [9.17, 15) is 28.8 Å². The van der Waals surface area contributed by atoms with Gasteiger partial charge in [-0.3, -0.25) is 14.4 Å². The summed E-state index contributed by atoms with van der Waals surface area (Å²) in [5.41, 5.74) is 0.977. The number of carbonyl (C=O) groups excluding carboxylic acids is 6. The number of hydrogen-bond donors (Lipinski definition) is 3. The second kappa shape index (κ2) is 20.1. The summed E-state index contributed by atoms with van der Waals surface area (Å²) < 4.78 is 31.1. The zero-order chi connectivity index (χ0) is 44.0. The molecule has 0 saturated heterocycles. The SMILES string of the molecule is O=C(Oc1ccccc1)Oc1ccc(NC(=O)c2cc(NC(=O)c3ccc(OC(=O)Oc4ccccc4)cc3)cc(NC(=O)c3ccc(OC(=O)Oc4ccccc4)cc3)c2)cc1. The molecule has 0 unspecified atom stereocenters. The van der Waals surface area contributed by atoms with E-state index in [2.05, 4.69) is 16.0 Å². The average molecular weight is 844 g/mol. The predicted octanol–water partition coefficient (Wildman–Crippen LogP) is 10.2. The van der Waals surface area contributed by atoms with Crippen molar-refractivity contribution in [1.29, 1.82) is 0 Å². The van der Waals surface area contributed by atoms with E-state index in [-0.39, 0.29) is 45.3 Å². The summed E-state index contributed by atoms with van der Waals surface area (Å²) in [5, 5.41) is 8.19. The van der Waals surface area contributed by atoms with Crippen LogP contribution < -0.4 is 44.4 Å². The van der Waals surface area contributed by atoms with Crippen LogP contribution >= 0.6 is 0 Å². The molecule has 3 N–H and O–H groups in total. The summed E-state index contributed by atoms with van der Waals surface area (Å²) in [6.07, 6.45) is -2.89. The van der Waals surface area contributed by atoms with E-state index in [0.717, 1.165) is 0 Å². The third-order valence-corrected chi connectivity index (χ3v) is 8.49. The van der Waals surface area contributed by atoms with Crippen LogP contribution in [0.3, 0.4) is 0 Å². The van der Waals surface area contributed by atoms with Gasteiger partial charge in [-0.05, 0) is 127 Å². The van der Waals surface area contributed by atoms with E-state index in [1.165, 1.54) is 91.0 Å². The zero-order valence-corrected chi connectivity index (χ0v) is 32.7. The van der Waals surface area contributed by atoms with Gasteiger partial charge in [-0.1, -0.05) is 54.6 Å². The molecule has 0 fully saturated rings. The molecule has 0 radical (unpaired) electrons. The first-order valence-corrected chi connectivity index (χ1v) is 18.9. The quantitative estimate of drug-likeness (QED) is 0.0779. The maximum atomic E-state index is 13.6. The molecular weight excluding hydrogens is 811 g/mol. The topological polar surface area (TPSA) is 194 Å². The van der Waals surface area contributed by atoms with Crippen LogP contribution in [0.25, 0.3) is 0 Å². The highest BCUT2D eigenvalue weighted by molar-refractivity contribution is 6.10. The molecule has 0 spiro atoms. The summed E-state index contributed by atoms with van der Waals surface area (Å²) in [6.45, 7) is 0. The molecular formula is C48H33N3O12. The lowest BCUT2D eigenvalue weighted by Gasteiger charge is -2.13. The molecule has 0 saturated carbocycles. The Morgan fingerprint density at radius 3 is 0.873 bits per heavy atom. The molecule has 0 aliphatic heterocycles. The van der Waals surface area contributed by atoms with Crippen molar-refractivity contribution in [2.45, 2.75) is 0 Å². The fourth-order valence-electron chi connectivity index (χ4n) is 5.57. The lowest BCUT2D eigenvalue weighted by atomic mass is 10.1. The minimum atomic E-state index is -0.969. The van der Waals surface area contributed by atoms with Crippen LogP contribution in [0, 0.1) is 0 Å². The molecule has 15 heteroatoms. The van der Waals surface area contributed by atoms with Crippen molar-refractivity contribution in [1.82, 2.24) is 0 Å². The molecule has 7 aromatic carbocycles. The maximum Gasteiger partial charge on any atom is 0.519 e. The summed E-state index contributed by atoms with van der Waals surface area (Å²) in [6, 6.07) is 46.5. The second-order valence-corrected chi connectivity index (χ2v) is 13.0. The Kier molecular flexibility index (Phi) is 13.4. The Morgan fingerprint density at radius 1 is 0.270 bits per heavy atom. The highest BCUT2D eigenvalue weighted by Gasteiger charge is 2.17. The Hall–Kier alpha value is -9.24. The van der Waals surface area contributed by atoms with Crippen molar-refractivity contribution in [3.05, 3.63) is 199 Å². The molecule has 0 aliphatic carbocycles. The molecule has 0 aliphatic rings. The van der Waals surface area contributed by atoms with Crippen LogP contribution in [0.2, 0.25) is 0 Å². The van der Waals surface area contributed by atoms with Gasteiger partial charge in [-0.25, -0.2) is 14.4 Å². The first-order valence-electron chi connectivity index (χ1n) is 18.9. The first-order chi connectivity index (χ1) is 30.6. The van der Waals surface area contributed by atoms with E-state index in [1.807, 2.05) is 0 Å². The smallest absolute Gasteiger partial charge is 0.395 e. The fraction of sp³-hybridized carbons (Fsp3) is 0. The van der Waals surface area contributed by atoms with E-state index >= 15 is 0 Å². The van der Waals surface area contributed by atoms with Crippen LogP contribution in [0.4, 0.5) is 31.4 Å². The minimum absolute atomic E-state index is 0.0382. The minimum Gasteiger partial charge on any atom is -0.395 e. The summed E-state index contributed by atoms with van der Waals surface area (Å²) in [5.74, 6) is -0.518. The van der Waals surface area contributed by atoms with E-state index in [0.29, 0.717) is 22.9 Å². The van der Waals surface area contributed by atoms with Gasteiger partial charge in [0, 0.05) is 33.8 Å². The van der Waals surface area contributed by atoms with Crippen molar-refractivity contribution in [3.63, 3.8) is 0 Å². The average Bonchev–Trinajstić information content (AvgIpc) is 3.28. The van der Waals surface area contributed by atoms with Crippen LogP contribution in [-0.2, 0) is 0 Å². The number of carbonyl (C=O) groups is 6. The van der Waals surface area contributed by atoms with Gasteiger partial charge in [-0.2, -0.15) is 0 Å². The number of hydrogen-bond acceptors (Lipinski definition) is 12. The predicted molar refractivity (Wildman–Crippen MR) is 229 cm³/mol. The molecule has 0 bridgehead atoms. The highest BCUT2D eigenvalue weighted by atomic mass is 16.7. The molecule has 0 heterocycles. The van der Waals surface area contributed by atoms with Gasteiger partial charge in [0.15, 0.2) is 0 Å². The molecule has 0 atom stereocenters. The maximum absolute atomic E-state index is 13.6. The van der Waals surface area contributed by atoms with Crippen molar-refractivity contribution in [2.75, 3.05) is 16.0 Å². The van der Waals surface area contributed by atoms with Gasteiger partial charge in [0.1, 0.15) is 34.5 Å². The van der Waals surface area contributed by atoms with E-state index in [4.69, 9.17) is 28.4 Å². The summed E-state index contributed by atoms with van der Waals surface area (Å²) >= 11 is 0. The Balaban J connectivity index is 1.03. The summed E-state index contributed by atoms with van der Waals surface area (Å²) in [7, 11) is 0. The molecule has 63 heavy (non-hydrogen) atoms. The lowest BCUT2D eigenvalue weighted by Crippen LogP contribution is -2.17. The van der Waals surface area contributed by atoms with Crippen LogP contribution in [-0.4, -0.2) is 36.2 Å². The Labute approximate surface area is 358 Å². The van der Waals surface area contributed by atoms with Crippen LogP contribution in [0.1, 0.15) is 31.1 Å². The molecule has 15 nitrogen and oxygen atoms in total. The van der Waals surface area contributed by atoms with Crippen LogP contribution in [0.5, 0.6) is 34.5 Å². The first kappa shape index (κ1) is 41.9. The number of benzene rings is 7. The summed E-state index contributed by atoms with van der Waals surface area (Å²) in [4.78, 5) is 77.2. The normalized spacial score (nSPS) is 10.3. The van der Waals surface area contributed by atoms with E-state index in [1.54, 1.807) is 91.0 Å². The van der Waals surface area contributed by atoms with Gasteiger partial charge in [-0.15, -0.1) is 0 Å². The molecule has 7 rings (SSSR count). The number of ether oxygens (including phenoxy) is 6.